The van der Waals surface area contributed by atoms with Gasteiger partial charge in [0.25, 0.3) is 0 Å². The number of rotatable bonds is 11. The predicted molar refractivity (Wildman–Crippen MR) is 148 cm³/mol. The second-order valence-corrected chi connectivity index (χ2v) is 13.9. The number of fused-ring (bicyclic) bond motifs is 4. The van der Waals surface area contributed by atoms with Crippen LogP contribution in [0.3, 0.4) is 0 Å². The number of aliphatic hydroxyl groups is 1. The van der Waals surface area contributed by atoms with Crippen LogP contribution in [-0.2, 0) is 19.0 Å². The van der Waals surface area contributed by atoms with Crippen LogP contribution in [0, 0.1) is 46.3 Å². The molecular weight excluding hydrogens is 478 g/mol. The summed E-state index contributed by atoms with van der Waals surface area (Å²) in [5, 5.41) is 10.7. The number of nitrogens with zero attached hydrogens (tertiary/aromatic N) is 1. The van der Waals surface area contributed by atoms with Crippen LogP contribution in [-0.4, -0.2) is 68.3 Å². The summed E-state index contributed by atoms with van der Waals surface area (Å²) in [6.45, 7) is 9.19. The Balaban J connectivity index is 1.22. The molecule has 1 N–H and O–H groups in total. The lowest BCUT2D eigenvalue weighted by atomic mass is 9.39. The minimum absolute atomic E-state index is 0.215. The van der Waals surface area contributed by atoms with E-state index in [1.54, 1.807) is 0 Å². The van der Waals surface area contributed by atoms with Crippen LogP contribution in [0.4, 0.5) is 0 Å². The van der Waals surface area contributed by atoms with Gasteiger partial charge in [-0.1, -0.05) is 6.92 Å². The number of methoxy groups -OCH3 is 1. The van der Waals surface area contributed by atoms with Crippen molar-refractivity contribution in [1.82, 2.24) is 4.90 Å². The minimum atomic E-state index is -0.478. The molecule has 0 aromatic heterocycles. The van der Waals surface area contributed by atoms with E-state index in [0.29, 0.717) is 36.0 Å². The van der Waals surface area contributed by atoms with Crippen LogP contribution < -0.4 is 0 Å². The van der Waals surface area contributed by atoms with Gasteiger partial charge in [-0.3, -0.25) is 9.69 Å². The lowest BCUT2D eigenvalue weighted by Gasteiger charge is -2.66. The molecule has 5 fully saturated rings. The van der Waals surface area contributed by atoms with E-state index in [2.05, 4.69) is 20.8 Å². The molecule has 6 heteroatoms. The zero-order valence-corrected chi connectivity index (χ0v) is 24.8. The molecule has 0 aromatic carbocycles. The third-order valence-corrected chi connectivity index (χ3v) is 12.6. The monoisotopic (exact) mass is 533 g/mol. The van der Waals surface area contributed by atoms with Gasteiger partial charge in [-0.15, -0.1) is 0 Å². The first-order valence-electron chi connectivity index (χ1n) is 16.0. The molecule has 11 atom stereocenters. The maximum atomic E-state index is 11.5. The summed E-state index contributed by atoms with van der Waals surface area (Å²) in [6.07, 6.45) is 14.6. The van der Waals surface area contributed by atoms with Crippen molar-refractivity contribution < 1.29 is 24.1 Å². The van der Waals surface area contributed by atoms with E-state index in [0.717, 1.165) is 61.6 Å². The van der Waals surface area contributed by atoms with Crippen molar-refractivity contribution in [3.63, 3.8) is 0 Å². The van der Waals surface area contributed by atoms with Crippen molar-refractivity contribution in [3.8, 4) is 0 Å². The van der Waals surface area contributed by atoms with Gasteiger partial charge in [0.15, 0.2) is 0 Å². The van der Waals surface area contributed by atoms with Gasteiger partial charge in [-0.05, 0) is 138 Å². The quantitative estimate of drug-likeness (QED) is 0.273. The fraction of sp³-hybridized carbons (Fsp3) is 0.969. The molecule has 38 heavy (non-hydrogen) atoms. The zero-order valence-electron chi connectivity index (χ0n) is 24.8. The van der Waals surface area contributed by atoms with Crippen LogP contribution in [0.2, 0.25) is 0 Å². The average Bonchev–Trinajstić information content (AvgIpc) is 3.20. The first kappa shape index (κ1) is 28.8. The Morgan fingerprint density at radius 1 is 1.03 bits per heavy atom. The standard InChI is InChI=1S/C32H55NO5/c1-6-37-23-12-15-31(3)22(18-23)19-27(38-7-2)30-25(31)13-16-32-20-21(24(32)9-10-26(30)32)8-11-28(34)33(4)17-14-29(35)36-5/h21-28,30,34H,6-20H2,1-5H3/t21-,22-,23+,24+,25?,26?,27+,28?,30+,31-,32-/m0/s1. The molecule has 0 saturated heterocycles. The topological polar surface area (TPSA) is 68.2 Å². The number of hydrogen-bond acceptors (Lipinski definition) is 6. The molecule has 5 rings (SSSR count). The highest BCUT2D eigenvalue weighted by atomic mass is 16.5. The van der Waals surface area contributed by atoms with E-state index in [1.165, 1.54) is 64.9 Å². The van der Waals surface area contributed by atoms with Crippen LogP contribution in [0.25, 0.3) is 0 Å². The summed E-state index contributed by atoms with van der Waals surface area (Å²) < 4.78 is 17.5. The summed E-state index contributed by atoms with van der Waals surface area (Å²) in [6, 6.07) is 0. The van der Waals surface area contributed by atoms with Crippen molar-refractivity contribution in [3.05, 3.63) is 0 Å². The summed E-state index contributed by atoms with van der Waals surface area (Å²) in [4.78, 5) is 13.4. The Bertz CT molecular complexity index is 822. The number of ether oxygens (including phenoxy) is 3. The molecular formula is C32H55NO5. The Hall–Kier alpha value is -0.690. The number of carbonyl (C=O) groups excluding carboxylic acids is 1. The lowest BCUT2D eigenvalue weighted by molar-refractivity contribution is -0.212. The van der Waals surface area contributed by atoms with Crippen molar-refractivity contribution in [1.29, 1.82) is 0 Å². The highest BCUT2D eigenvalue weighted by molar-refractivity contribution is 5.69. The summed E-state index contributed by atoms with van der Waals surface area (Å²) in [7, 11) is 3.33. The van der Waals surface area contributed by atoms with Gasteiger partial charge in [0.05, 0.1) is 25.7 Å². The molecule has 0 radical (unpaired) electrons. The van der Waals surface area contributed by atoms with Crippen molar-refractivity contribution in [2.45, 2.75) is 116 Å². The van der Waals surface area contributed by atoms with Crippen molar-refractivity contribution in [2.24, 2.45) is 46.3 Å². The normalized spacial score (nSPS) is 44.4. The van der Waals surface area contributed by atoms with Crippen LogP contribution in [0.15, 0.2) is 0 Å². The molecule has 1 spiro atoms. The van der Waals surface area contributed by atoms with Gasteiger partial charge in [-0.2, -0.15) is 0 Å². The van der Waals surface area contributed by atoms with Crippen molar-refractivity contribution >= 4 is 5.97 Å². The molecule has 0 bridgehead atoms. The number of esters is 1. The SMILES string of the molecule is CCO[C@@H]1CC[C@]2(C)C3CC[C@]45C[C@H](CCC(O)N(C)CCC(=O)OC)[C@H]4CCC5[C@@H]3[C@H](OCC)C[C@@H]2C1. The molecule has 0 heterocycles. The van der Waals surface area contributed by atoms with E-state index < -0.39 is 6.23 Å². The number of hydrogen-bond donors (Lipinski definition) is 1. The molecule has 6 nitrogen and oxygen atoms in total. The average molecular weight is 534 g/mol. The predicted octanol–water partition coefficient (Wildman–Crippen LogP) is 5.66. The Morgan fingerprint density at radius 2 is 1.79 bits per heavy atom. The molecule has 0 aromatic rings. The third kappa shape index (κ3) is 4.99. The van der Waals surface area contributed by atoms with Gasteiger partial charge < -0.3 is 19.3 Å². The van der Waals surface area contributed by atoms with Gasteiger partial charge >= 0.3 is 5.97 Å². The second kappa shape index (κ2) is 11.7. The first-order chi connectivity index (χ1) is 18.3. The fourth-order valence-electron chi connectivity index (χ4n) is 10.8. The first-order valence-corrected chi connectivity index (χ1v) is 16.0. The highest BCUT2D eigenvalue weighted by Gasteiger charge is 2.68. The Labute approximate surface area is 231 Å². The van der Waals surface area contributed by atoms with Crippen molar-refractivity contribution in [2.75, 3.05) is 33.9 Å². The second-order valence-electron chi connectivity index (χ2n) is 13.9. The molecule has 5 aliphatic rings. The summed E-state index contributed by atoms with van der Waals surface area (Å²) in [5.41, 5.74) is 0.988. The number of aliphatic hydroxyl groups excluding tert-OH is 1. The van der Waals surface area contributed by atoms with Crippen LogP contribution >= 0.6 is 0 Å². The van der Waals surface area contributed by atoms with Gasteiger partial charge in [0, 0.05) is 19.8 Å². The van der Waals surface area contributed by atoms with E-state index in [-0.39, 0.29) is 5.97 Å². The Kier molecular flexibility index (Phi) is 8.84. The van der Waals surface area contributed by atoms with Gasteiger partial charge in [0.2, 0.25) is 0 Å². The molecule has 218 valence electrons. The highest BCUT2D eigenvalue weighted by Crippen LogP contribution is 2.75. The van der Waals surface area contributed by atoms with Gasteiger partial charge in [-0.25, -0.2) is 0 Å². The zero-order chi connectivity index (χ0) is 27.1. The Morgan fingerprint density at radius 3 is 2.53 bits per heavy atom. The minimum Gasteiger partial charge on any atom is -0.469 e. The largest absolute Gasteiger partial charge is 0.469 e. The third-order valence-electron chi connectivity index (χ3n) is 12.6. The lowest BCUT2D eigenvalue weighted by Crippen LogP contribution is -2.62. The summed E-state index contributed by atoms with van der Waals surface area (Å²) >= 11 is 0. The summed E-state index contributed by atoms with van der Waals surface area (Å²) in [5.74, 6) is 4.47. The smallest absolute Gasteiger partial charge is 0.306 e. The van der Waals surface area contributed by atoms with E-state index in [1.807, 2.05) is 11.9 Å². The van der Waals surface area contributed by atoms with E-state index >= 15 is 0 Å². The molecule has 5 saturated carbocycles. The molecule has 0 aliphatic heterocycles. The maximum Gasteiger partial charge on any atom is 0.306 e. The molecule has 3 unspecified atom stereocenters. The maximum absolute atomic E-state index is 11.5. The van der Waals surface area contributed by atoms with E-state index in [9.17, 15) is 9.90 Å². The number of carbonyl (C=O) groups is 1. The van der Waals surface area contributed by atoms with E-state index in [4.69, 9.17) is 14.2 Å². The van der Waals surface area contributed by atoms with Crippen LogP contribution in [0.1, 0.15) is 97.8 Å². The molecule has 5 aliphatic carbocycles. The fourth-order valence-corrected chi connectivity index (χ4v) is 10.8. The molecule has 0 amide bonds. The van der Waals surface area contributed by atoms with Gasteiger partial charge in [0.1, 0.15) is 6.23 Å². The van der Waals surface area contributed by atoms with Crippen LogP contribution in [0.5, 0.6) is 0 Å².